The van der Waals surface area contributed by atoms with Crippen molar-refractivity contribution in [1.82, 2.24) is 5.32 Å². The van der Waals surface area contributed by atoms with E-state index in [4.69, 9.17) is 9.15 Å². The smallest absolute Gasteiger partial charge is 0.261 e. The maximum Gasteiger partial charge on any atom is 0.261 e. The van der Waals surface area contributed by atoms with Crippen LogP contribution in [0.4, 0.5) is 0 Å². The predicted octanol–water partition coefficient (Wildman–Crippen LogP) is 2.97. The van der Waals surface area contributed by atoms with Crippen LogP contribution in [0.2, 0.25) is 0 Å². The van der Waals surface area contributed by atoms with Crippen LogP contribution in [-0.2, 0) is 11.3 Å². The van der Waals surface area contributed by atoms with Crippen LogP contribution in [0.3, 0.4) is 0 Å². The van der Waals surface area contributed by atoms with Crippen molar-refractivity contribution in [3.63, 3.8) is 0 Å². The first-order chi connectivity index (χ1) is 9.15. The molecule has 1 N–H and O–H groups in total. The number of hydrogen-bond acceptors (Lipinski definition) is 3. The number of benzene rings is 1. The Morgan fingerprint density at radius 1 is 1.42 bits per heavy atom. The van der Waals surface area contributed by atoms with E-state index < -0.39 is 6.10 Å². The predicted molar refractivity (Wildman–Crippen MR) is 79.8 cm³/mol. The third kappa shape index (κ3) is 4.27. The lowest BCUT2D eigenvalue weighted by Crippen LogP contribution is -2.35. The van der Waals surface area contributed by atoms with Crippen LogP contribution in [-0.4, -0.2) is 12.0 Å². The van der Waals surface area contributed by atoms with E-state index in [1.807, 2.05) is 30.3 Å². The van der Waals surface area contributed by atoms with Gasteiger partial charge in [-0.15, -0.1) is 0 Å². The molecule has 0 radical (unpaired) electrons. The number of halogens is 1. The van der Waals surface area contributed by atoms with Crippen molar-refractivity contribution in [3.05, 3.63) is 52.0 Å². The molecule has 4 nitrogen and oxygen atoms in total. The van der Waals surface area contributed by atoms with E-state index in [1.165, 1.54) is 0 Å². The minimum Gasteiger partial charge on any atom is -0.481 e. The molecule has 2 aromatic rings. The van der Waals surface area contributed by atoms with Crippen molar-refractivity contribution in [1.29, 1.82) is 0 Å². The number of ether oxygens (including phenoxy) is 1. The molecule has 5 heteroatoms. The average Bonchev–Trinajstić information content (AvgIpc) is 2.89. The highest BCUT2D eigenvalue weighted by atomic mass is 127. The first-order valence-corrected chi connectivity index (χ1v) is 6.95. The van der Waals surface area contributed by atoms with E-state index in [0.29, 0.717) is 12.3 Å². The molecule has 1 amide bonds. The van der Waals surface area contributed by atoms with Gasteiger partial charge in [-0.25, -0.2) is 0 Å². The molecule has 0 bridgehead atoms. The Morgan fingerprint density at radius 3 is 2.95 bits per heavy atom. The fourth-order valence-electron chi connectivity index (χ4n) is 1.53. The lowest BCUT2D eigenvalue weighted by Gasteiger charge is -2.14. The quantitative estimate of drug-likeness (QED) is 0.823. The number of amides is 1. The average molecular weight is 371 g/mol. The Kier molecular flexibility index (Phi) is 4.84. The zero-order valence-corrected chi connectivity index (χ0v) is 12.6. The van der Waals surface area contributed by atoms with Crippen molar-refractivity contribution in [2.45, 2.75) is 19.6 Å². The number of rotatable bonds is 5. The van der Waals surface area contributed by atoms with Gasteiger partial charge in [-0.05, 0) is 59.8 Å². The summed E-state index contributed by atoms with van der Waals surface area (Å²) < 4.78 is 11.8. The first kappa shape index (κ1) is 13.9. The van der Waals surface area contributed by atoms with Crippen molar-refractivity contribution < 1.29 is 13.9 Å². The van der Waals surface area contributed by atoms with Crippen LogP contribution in [0.1, 0.15) is 12.7 Å². The summed E-state index contributed by atoms with van der Waals surface area (Å²) in [4.78, 5) is 11.8. The number of nitrogens with one attached hydrogen (secondary N) is 1. The normalized spacial score (nSPS) is 11.9. The summed E-state index contributed by atoms with van der Waals surface area (Å²) in [6.07, 6.45) is 1.03. The fourth-order valence-corrected chi connectivity index (χ4v) is 2.04. The largest absolute Gasteiger partial charge is 0.481 e. The number of hydrogen-bond donors (Lipinski definition) is 1. The van der Waals surface area contributed by atoms with Gasteiger partial charge < -0.3 is 14.5 Å². The Bertz CT molecular complexity index is 539. The Balaban J connectivity index is 1.85. The van der Waals surface area contributed by atoms with E-state index in [2.05, 4.69) is 27.9 Å². The minimum absolute atomic E-state index is 0.171. The molecule has 0 fully saturated rings. The lowest BCUT2D eigenvalue weighted by molar-refractivity contribution is -0.127. The zero-order chi connectivity index (χ0) is 13.7. The summed E-state index contributed by atoms with van der Waals surface area (Å²) in [5.41, 5.74) is 0. The van der Waals surface area contributed by atoms with E-state index in [-0.39, 0.29) is 5.91 Å². The monoisotopic (exact) mass is 371 g/mol. The highest BCUT2D eigenvalue weighted by Gasteiger charge is 2.14. The number of furan rings is 1. The molecule has 0 saturated heterocycles. The summed E-state index contributed by atoms with van der Waals surface area (Å²) >= 11 is 2.20. The number of carbonyl (C=O) groups excluding carboxylic acids is 1. The zero-order valence-electron chi connectivity index (χ0n) is 10.4. The van der Waals surface area contributed by atoms with Gasteiger partial charge in [0.2, 0.25) is 0 Å². The van der Waals surface area contributed by atoms with Crippen LogP contribution >= 0.6 is 22.6 Å². The van der Waals surface area contributed by atoms with Gasteiger partial charge in [-0.1, -0.05) is 6.07 Å². The van der Waals surface area contributed by atoms with Crippen LogP contribution in [0.5, 0.6) is 5.75 Å². The summed E-state index contributed by atoms with van der Waals surface area (Å²) in [5.74, 6) is 1.23. The highest BCUT2D eigenvalue weighted by Crippen LogP contribution is 2.16. The molecule has 0 saturated carbocycles. The molecule has 2 rings (SSSR count). The second-order valence-electron chi connectivity index (χ2n) is 4.01. The first-order valence-electron chi connectivity index (χ1n) is 5.87. The summed E-state index contributed by atoms with van der Waals surface area (Å²) in [6, 6.07) is 11.2. The molecular formula is C14H14INO3. The topological polar surface area (TPSA) is 51.5 Å². The van der Waals surface area contributed by atoms with E-state index in [1.54, 1.807) is 19.3 Å². The van der Waals surface area contributed by atoms with Gasteiger partial charge in [0.15, 0.2) is 6.10 Å². The Labute approximate surface area is 125 Å². The van der Waals surface area contributed by atoms with Crippen molar-refractivity contribution >= 4 is 28.5 Å². The summed E-state index contributed by atoms with van der Waals surface area (Å²) in [6.45, 7) is 2.09. The van der Waals surface area contributed by atoms with Crippen LogP contribution < -0.4 is 10.1 Å². The molecular weight excluding hydrogens is 357 g/mol. The molecule has 0 aliphatic heterocycles. The van der Waals surface area contributed by atoms with Gasteiger partial charge in [0.05, 0.1) is 12.8 Å². The molecule has 0 aliphatic rings. The van der Waals surface area contributed by atoms with Crippen molar-refractivity contribution in [2.75, 3.05) is 0 Å². The maximum atomic E-state index is 11.8. The van der Waals surface area contributed by atoms with E-state index in [9.17, 15) is 4.79 Å². The van der Waals surface area contributed by atoms with Gasteiger partial charge in [-0.3, -0.25) is 4.79 Å². The lowest BCUT2D eigenvalue weighted by atomic mass is 10.3. The van der Waals surface area contributed by atoms with Gasteiger partial charge in [0.1, 0.15) is 11.5 Å². The van der Waals surface area contributed by atoms with E-state index >= 15 is 0 Å². The summed E-state index contributed by atoms with van der Waals surface area (Å²) in [7, 11) is 0. The molecule has 0 spiro atoms. The third-order valence-electron chi connectivity index (χ3n) is 2.50. The third-order valence-corrected chi connectivity index (χ3v) is 3.17. The standard InChI is InChI=1S/C14H14INO3/c1-10(19-12-5-2-4-11(15)8-12)14(17)16-9-13-6-3-7-18-13/h2-8,10H,9H2,1H3,(H,16,17). The SMILES string of the molecule is CC(Oc1cccc(I)c1)C(=O)NCc1ccco1. The van der Waals surface area contributed by atoms with Crippen molar-refractivity contribution in [3.8, 4) is 5.75 Å². The van der Waals surface area contributed by atoms with Gasteiger partial charge in [0.25, 0.3) is 5.91 Å². The molecule has 1 aromatic carbocycles. The van der Waals surface area contributed by atoms with Gasteiger partial charge in [-0.2, -0.15) is 0 Å². The number of carbonyl (C=O) groups is 1. The molecule has 100 valence electrons. The van der Waals surface area contributed by atoms with Gasteiger partial charge in [0, 0.05) is 3.57 Å². The Hall–Kier alpha value is -1.50. The van der Waals surface area contributed by atoms with Gasteiger partial charge >= 0.3 is 0 Å². The van der Waals surface area contributed by atoms with Crippen LogP contribution in [0, 0.1) is 3.57 Å². The Morgan fingerprint density at radius 2 is 2.26 bits per heavy atom. The fraction of sp³-hybridized carbons (Fsp3) is 0.214. The highest BCUT2D eigenvalue weighted by molar-refractivity contribution is 14.1. The van der Waals surface area contributed by atoms with Crippen LogP contribution in [0.25, 0.3) is 0 Å². The molecule has 1 heterocycles. The molecule has 1 aromatic heterocycles. The molecule has 1 unspecified atom stereocenters. The molecule has 1 atom stereocenters. The molecule has 19 heavy (non-hydrogen) atoms. The van der Waals surface area contributed by atoms with Crippen molar-refractivity contribution in [2.24, 2.45) is 0 Å². The minimum atomic E-state index is -0.548. The van der Waals surface area contributed by atoms with Crippen LogP contribution in [0.15, 0.2) is 47.1 Å². The summed E-state index contributed by atoms with van der Waals surface area (Å²) in [5, 5.41) is 2.76. The second-order valence-corrected chi connectivity index (χ2v) is 5.26. The molecule has 0 aliphatic carbocycles. The second kappa shape index (κ2) is 6.60. The van der Waals surface area contributed by atoms with E-state index in [0.717, 1.165) is 9.33 Å². The maximum absolute atomic E-state index is 11.8.